The molecule has 1 aromatic carbocycles. The zero-order chi connectivity index (χ0) is 15.3. The zero-order valence-corrected chi connectivity index (χ0v) is 13.1. The molecule has 110 valence electrons. The number of ether oxygens (including phenoxy) is 1. The highest BCUT2D eigenvalue weighted by molar-refractivity contribution is 9.10. The number of hydrogen-bond acceptors (Lipinski definition) is 5. The second-order valence-electron chi connectivity index (χ2n) is 4.66. The van der Waals surface area contributed by atoms with Crippen LogP contribution in [0.1, 0.15) is 19.4 Å². The van der Waals surface area contributed by atoms with Gasteiger partial charge in [0.25, 0.3) is 5.69 Å². The lowest BCUT2D eigenvalue weighted by Gasteiger charge is -2.19. The van der Waals surface area contributed by atoms with Gasteiger partial charge in [-0.25, -0.2) is 0 Å². The summed E-state index contributed by atoms with van der Waals surface area (Å²) in [5.74, 6) is -0.355. The third-order valence-corrected chi connectivity index (χ3v) is 3.37. The Morgan fingerprint density at radius 1 is 1.50 bits per heavy atom. The van der Waals surface area contributed by atoms with Crippen LogP contribution in [-0.2, 0) is 16.1 Å². The fourth-order valence-corrected chi connectivity index (χ4v) is 2.22. The molecule has 0 saturated carbocycles. The van der Waals surface area contributed by atoms with Crippen molar-refractivity contribution in [3.63, 3.8) is 0 Å². The monoisotopic (exact) mass is 344 g/mol. The Kier molecular flexibility index (Phi) is 6.09. The van der Waals surface area contributed by atoms with Gasteiger partial charge < -0.3 is 4.74 Å². The smallest absolute Gasteiger partial charge is 0.323 e. The quantitative estimate of drug-likeness (QED) is 0.487. The number of carbonyl (C=O) groups excluding carboxylic acids is 1. The van der Waals surface area contributed by atoms with E-state index in [1.165, 1.54) is 13.2 Å². The van der Waals surface area contributed by atoms with Crippen LogP contribution in [0.3, 0.4) is 0 Å². The van der Waals surface area contributed by atoms with Gasteiger partial charge >= 0.3 is 5.97 Å². The number of nitro benzene ring substituents is 1. The van der Waals surface area contributed by atoms with E-state index in [1.54, 1.807) is 12.1 Å². The number of nitro groups is 1. The molecule has 0 unspecified atom stereocenters. The van der Waals surface area contributed by atoms with Crippen LogP contribution in [0, 0.1) is 16.0 Å². The molecule has 0 aromatic heterocycles. The van der Waals surface area contributed by atoms with Crippen LogP contribution < -0.4 is 5.32 Å². The van der Waals surface area contributed by atoms with Crippen LogP contribution in [0.25, 0.3) is 0 Å². The predicted octanol–water partition coefficient (Wildman–Crippen LogP) is 2.64. The molecular formula is C13H17BrN2O4. The minimum Gasteiger partial charge on any atom is -0.468 e. The van der Waals surface area contributed by atoms with Gasteiger partial charge in [-0.3, -0.25) is 20.2 Å². The lowest BCUT2D eigenvalue weighted by molar-refractivity contribution is -0.385. The van der Waals surface area contributed by atoms with Crippen molar-refractivity contribution >= 4 is 27.6 Å². The lowest BCUT2D eigenvalue weighted by Crippen LogP contribution is -2.41. The first kappa shape index (κ1) is 16.6. The van der Waals surface area contributed by atoms with Crippen LogP contribution in [-0.4, -0.2) is 24.0 Å². The SMILES string of the molecule is COC(=O)[C@@H](NCc1cc(Br)ccc1[N+](=O)[O-])C(C)C. The third kappa shape index (κ3) is 4.28. The first-order valence-corrected chi connectivity index (χ1v) is 6.90. The number of halogens is 1. The topological polar surface area (TPSA) is 81.5 Å². The minimum absolute atomic E-state index is 0.0214. The number of carbonyl (C=O) groups is 1. The predicted molar refractivity (Wildman–Crippen MR) is 78.3 cm³/mol. The zero-order valence-electron chi connectivity index (χ0n) is 11.6. The fourth-order valence-electron chi connectivity index (χ4n) is 1.81. The Labute approximate surface area is 125 Å². The van der Waals surface area contributed by atoms with Crippen LogP contribution in [0.15, 0.2) is 22.7 Å². The number of hydrogen-bond donors (Lipinski definition) is 1. The summed E-state index contributed by atoms with van der Waals surface area (Å²) in [7, 11) is 1.32. The summed E-state index contributed by atoms with van der Waals surface area (Å²) in [6.07, 6.45) is 0. The van der Waals surface area contributed by atoms with Crippen molar-refractivity contribution in [2.75, 3.05) is 7.11 Å². The number of nitrogens with zero attached hydrogens (tertiary/aromatic N) is 1. The molecule has 0 radical (unpaired) electrons. The highest BCUT2D eigenvalue weighted by Gasteiger charge is 2.23. The molecule has 0 amide bonds. The molecule has 0 saturated heterocycles. The number of nitrogens with one attached hydrogen (secondary N) is 1. The highest BCUT2D eigenvalue weighted by atomic mass is 79.9. The Morgan fingerprint density at radius 2 is 2.15 bits per heavy atom. The van der Waals surface area contributed by atoms with Gasteiger partial charge in [0.15, 0.2) is 0 Å². The van der Waals surface area contributed by atoms with Crippen molar-refractivity contribution in [3.8, 4) is 0 Å². The van der Waals surface area contributed by atoms with Gasteiger partial charge in [0, 0.05) is 22.6 Å². The van der Waals surface area contributed by atoms with E-state index in [1.807, 2.05) is 13.8 Å². The van der Waals surface area contributed by atoms with Crippen molar-refractivity contribution in [1.29, 1.82) is 0 Å². The van der Waals surface area contributed by atoms with E-state index in [0.717, 1.165) is 4.47 Å². The minimum atomic E-state index is -0.501. The van der Waals surface area contributed by atoms with Crippen molar-refractivity contribution in [2.45, 2.75) is 26.4 Å². The summed E-state index contributed by atoms with van der Waals surface area (Å²) < 4.78 is 5.47. The van der Waals surface area contributed by atoms with E-state index < -0.39 is 11.0 Å². The summed E-state index contributed by atoms with van der Waals surface area (Å²) in [5, 5.41) is 14.0. The van der Waals surface area contributed by atoms with Crippen LogP contribution >= 0.6 is 15.9 Å². The van der Waals surface area contributed by atoms with E-state index in [4.69, 9.17) is 4.74 Å². The number of esters is 1. The lowest BCUT2D eigenvalue weighted by atomic mass is 10.0. The first-order valence-electron chi connectivity index (χ1n) is 6.10. The van der Waals surface area contributed by atoms with Gasteiger partial charge in [0.1, 0.15) is 6.04 Å². The summed E-state index contributed by atoms with van der Waals surface area (Å²) >= 11 is 3.28. The fraction of sp³-hybridized carbons (Fsp3) is 0.462. The third-order valence-electron chi connectivity index (χ3n) is 2.87. The molecule has 6 nitrogen and oxygen atoms in total. The molecular weight excluding hydrogens is 328 g/mol. The Bertz CT molecular complexity index is 505. The molecule has 0 aliphatic carbocycles. The Morgan fingerprint density at radius 3 is 2.65 bits per heavy atom. The molecule has 1 rings (SSSR count). The second-order valence-corrected chi connectivity index (χ2v) is 5.57. The van der Waals surface area contributed by atoms with E-state index in [9.17, 15) is 14.9 Å². The molecule has 1 aromatic rings. The average molecular weight is 345 g/mol. The van der Waals surface area contributed by atoms with Crippen molar-refractivity contribution in [1.82, 2.24) is 5.32 Å². The van der Waals surface area contributed by atoms with Gasteiger partial charge in [-0.2, -0.15) is 0 Å². The summed E-state index contributed by atoms with van der Waals surface area (Å²) in [6.45, 7) is 3.97. The highest BCUT2D eigenvalue weighted by Crippen LogP contribution is 2.23. The van der Waals surface area contributed by atoms with Gasteiger partial charge in [-0.15, -0.1) is 0 Å². The maximum Gasteiger partial charge on any atom is 0.323 e. The molecule has 0 aliphatic heterocycles. The number of methoxy groups -OCH3 is 1. The maximum absolute atomic E-state index is 11.6. The summed E-state index contributed by atoms with van der Waals surface area (Å²) in [5.41, 5.74) is 0.534. The largest absolute Gasteiger partial charge is 0.468 e. The van der Waals surface area contributed by atoms with Crippen LogP contribution in [0.5, 0.6) is 0 Å². The summed E-state index contributed by atoms with van der Waals surface area (Å²) in [6, 6.07) is 4.21. The molecule has 1 atom stereocenters. The van der Waals surface area contributed by atoms with Gasteiger partial charge in [0.2, 0.25) is 0 Å². The molecule has 0 heterocycles. The standard InChI is InChI=1S/C13H17BrN2O4/c1-8(2)12(13(17)20-3)15-7-9-6-10(14)4-5-11(9)16(18)19/h4-6,8,12,15H,7H2,1-3H3/t12-/m0/s1. The van der Waals surface area contributed by atoms with Crippen LogP contribution in [0.4, 0.5) is 5.69 Å². The number of benzene rings is 1. The maximum atomic E-state index is 11.6. The van der Waals surface area contributed by atoms with E-state index in [-0.39, 0.29) is 24.1 Å². The van der Waals surface area contributed by atoms with Gasteiger partial charge in [-0.05, 0) is 18.1 Å². The Balaban J connectivity index is 2.90. The van der Waals surface area contributed by atoms with Gasteiger partial charge in [-0.1, -0.05) is 29.8 Å². The van der Waals surface area contributed by atoms with E-state index in [2.05, 4.69) is 21.2 Å². The van der Waals surface area contributed by atoms with Crippen molar-refractivity contribution in [3.05, 3.63) is 38.3 Å². The first-order chi connectivity index (χ1) is 9.36. The second kappa shape index (κ2) is 7.35. The molecule has 0 spiro atoms. The average Bonchev–Trinajstić information content (AvgIpc) is 2.37. The molecule has 0 fully saturated rings. The molecule has 0 aliphatic rings. The normalized spacial score (nSPS) is 12.2. The van der Waals surface area contributed by atoms with Crippen molar-refractivity contribution < 1.29 is 14.5 Å². The number of rotatable bonds is 6. The Hall–Kier alpha value is -1.47. The summed E-state index contributed by atoms with van der Waals surface area (Å²) in [4.78, 5) is 22.2. The molecule has 7 heteroatoms. The van der Waals surface area contributed by atoms with Crippen molar-refractivity contribution in [2.24, 2.45) is 5.92 Å². The molecule has 0 bridgehead atoms. The van der Waals surface area contributed by atoms with Crippen LogP contribution in [0.2, 0.25) is 0 Å². The van der Waals surface area contributed by atoms with E-state index >= 15 is 0 Å². The molecule has 20 heavy (non-hydrogen) atoms. The van der Waals surface area contributed by atoms with E-state index in [0.29, 0.717) is 5.56 Å². The molecule has 1 N–H and O–H groups in total. The van der Waals surface area contributed by atoms with Gasteiger partial charge in [0.05, 0.1) is 12.0 Å².